The monoisotopic (exact) mass is 373 g/mol. The van der Waals surface area contributed by atoms with E-state index in [0.717, 1.165) is 37.1 Å². The maximum Gasteiger partial charge on any atom is 0.206 e. The van der Waals surface area contributed by atoms with Gasteiger partial charge in [0.2, 0.25) is 5.79 Å². The molecule has 2 fully saturated rings. The standard InChI is InChI=1S/C21H27NO5/c1-4-10-22-11-9-19-16-13-5-6-14(23)17(16)27-18(19)21(25-2,26-3)8-7-20(19,24)15(22)12-13/h4-6,15,18,23-24H,1,7-12H2,2-3H3/t15?,18-,19+,20?/m1/s1. The van der Waals surface area contributed by atoms with Crippen LogP contribution in [0, 0.1) is 0 Å². The third kappa shape index (κ3) is 1.80. The van der Waals surface area contributed by atoms with Crippen LogP contribution in [-0.2, 0) is 21.3 Å². The summed E-state index contributed by atoms with van der Waals surface area (Å²) < 4.78 is 18.1. The zero-order chi connectivity index (χ0) is 19.0. The number of methoxy groups -OCH3 is 2. The number of rotatable bonds is 4. The minimum absolute atomic E-state index is 0.0231. The molecule has 1 aromatic rings. The second-order valence-electron chi connectivity index (χ2n) is 8.32. The quantitative estimate of drug-likeness (QED) is 0.619. The fourth-order valence-corrected chi connectivity index (χ4v) is 6.47. The van der Waals surface area contributed by atoms with Crippen LogP contribution in [0.15, 0.2) is 24.8 Å². The molecule has 2 unspecified atom stereocenters. The van der Waals surface area contributed by atoms with E-state index in [1.165, 1.54) is 0 Å². The van der Waals surface area contributed by atoms with E-state index in [1.807, 2.05) is 12.1 Å². The fraction of sp³-hybridized carbons (Fsp3) is 0.619. The Morgan fingerprint density at radius 1 is 1.30 bits per heavy atom. The number of likely N-dealkylation sites (tertiary alicyclic amines) is 1. The molecule has 1 aromatic carbocycles. The van der Waals surface area contributed by atoms with Crippen LogP contribution < -0.4 is 4.74 Å². The number of piperidine rings is 1. The van der Waals surface area contributed by atoms with Gasteiger partial charge in [-0.05, 0) is 37.4 Å². The van der Waals surface area contributed by atoms with Crippen molar-refractivity contribution in [1.82, 2.24) is 4.90 Å². The van der Waals surface area contributed by atoms with Gasteiger partial charge in [0.05, 0.1) is 11.0 Å². The molecule has 1 saturated heterocycles. The van der Waals surface area contributed by atoms with Crippen molar-refractivity contribution in [1.29, 1.82) is 0 Å². The van der Waals surface area contributed by atoms with E-state index in [1.54, 1.807) is 20.3 Å². The summed E-state index contributed by atoms with van der Waals surface area (Å²) in [6, 6.07) is 3.65. The number of benzene rings is 1. The molecular formula is C21H27NO5. The smallest absolute Gasteiger partial charge is 0.206 e. The van der Waals surface area contributed by atoms with Gasteiger partial charge < -0.3 is 24.4 Å². The van der Waals surface area contributed by atoms with Gasteiger partial charge in [-0.1, -0.05) is 12.1 Å². The van der Waals surface area contributed by atoms with Gasteiger partial charge >= 0.3 is 0 Å². The van der Waals surface area contributed by atoms with E-state index in [0.29, 0.717) is 18.6 Å². The first-order valence-corrected chi connectivity index (χ1v) is 9.67. The predicted molar refractivity (Wildman–Crippen MR) is 99.0 cm³/mol. The van der Waals surface area contributed by atoms with Crippen LogP contribution in [-0.4, -0.2) is 66.0 Å². The highest BCUT2D eigenvalue weighted by molar-refractivity contribution is 5.62. The summed E-state index contributed by atoms with van der Waals surface area (Å²) in [5.41, 5.74) is 0.478. The lowest BCUT2D eigenvalue weighted by atomic mass is 9.48. The van der Waals surface area contributed by atoms with Crippen LogP contribution in [0.2, 0.25) is 0 Å². The molecular weight excluding hydrogens is 346 g/mol. The Labute approximate surface area is 159 Å². The number of phenolic OH excluding ortho intramolecular Hbond substituents is 1. The Balaban J connectivity index is 1.78. The van der Waals surface area contributed by atoms with Gasteiger partial charge in [-0.25, -0.2) is 0 Å². The van der Waals surface area contributed by atoms with Gasteiger partial charge in [0.15, 0.2) is 17.6 Å². The third-order valence-corrected chi connectivity index (χ3v) is 7.63. The van der Waals surface area contributed by atoms with E-state index >= 15 is 0 Å². The second kappa shape index (κ2) is 5.47. The highest BCUT2D eigenvalue weighted by Gasteiger charge is 2.76. The third-order valence-electron chi connectivity index (χ3n) is 7.63. The summed E-state index contributed by atoms with van der Waals surface area (Å²) in [6.45, 7) is 5.47. The molecule has 6 heteroatoms. The SMILES string of the molecule is C=CCN1CC[C@]23c4c5ccc(O)c4O[C@H]2C(OC)(OC)CCC3(O)C1C5. The van der Waals surface area contributed by atoms with E-state index in [2.05, 4.69) is 11.5 Å². The van der Waals surface area contributed by atoms with Gasteiger partial charge in [0.25, 0.3) is 0 Å². The van der Waals surface area contributed by atoms with Crippen LogP contribution in [0.1, 0.15) is 30.4 Å². The van der Waals surface area contributed by atoms with Crippen LogP contribution in [0.25, 0.3) is 0 Å². The maximum atomic E-state index is 12.2. The summed E-state index contributed by atoms with van der Waals surface area (Å²) >= 11 is 0. The van der Waals surface area contributed by atoms with Crippen molar-refractivity contribution < 1.29 is 24.4 Å². The molecule has 6 nitrogen and oxygen atoms in total. The van der Waals surface area contributed by atoms with Gasteiger partial charge in [0.1, 0.15) is 0 Å². The zero-order valence-electron chi connectivity index (χ0n) is 15.9. The average Bonchev–Trinajstić information content (AvgIpc) is 3.03. The number of hydrogen-bond donors (Lipinski definition) is 2. The van der Waals surface area contributed by atoms with Crippen molar-refractivity contribution in [3.63, 3.8) is 0 Å². The molecule has 2 bridgehead atoms. The Morgan fingerprint density at radius 2 is 2.07 bits per heavy atom. The first-order valence-electron chi connectivity index (χ1n) is 9.67. The lowest BCUT2D eigenvalue weighted by Gasteiger charge is -2.65. The van der Waals surface area contributed by atoms with Gasteiger partial charge in [-0.2, -0.15) is 0 Å². The topological polar surface area (TPSA) is 71.4 Å². The molecule has 4 atom stereocenters. The summed E-state index contributed by atoms with van der Waals surface area (Å²) in [6.07, 6.45) is 3.94. The van der Waals surface area contributed by atoms with Crippen molar-refractivity contribution in [3.05, 3.63) is 35.9 Å². The number of phenols is 1. The van der Waals surface area contributed by atoms with Gasteiger partial charge in [-0.15, -0.1) is 6.58 Å². The molecule has 27 heavy (non-hydrogen) atoms. The van der Waals surface area contributed by atoms with Crippen molar-refractivity contribution in [2.45, 2.75) is 54.6 Å². The lowest BCUT2D eigenvalue weighted by molar-refractivity contribution is -0.319. The van der Waals surface area contributed by atoms with Crippen molar-refractivity contribution in [2.75, 3.05) is 27.3 Å². The Kier molecular flexibility index (Phi) is 3.55. The molecule has 0 amide bonds. The molecule has 2 N–H and O–H groups in total. The first-order chi connectivity index (χ1) is 13.0. The molecule has 4 aliphatic rings. The van der Waals surface area contributed by atoms with E-state index in [9.17, 15) is 10.2 Å². The van der Waals surface area contributed by atoms with E-state index < -0.39 is 22.9 Å². The molecule has 5 rings (SSSR count). The second-order valence-corrected chi connectivity index (χ2v) is 8.32. The number of nitrogens with zero attached hydrogens (tertiary/aromatic N) is 1. The summed E-state index contributed by atoms with van der Waals surface area (Å²) in [4.78, 5) is 2.33. The highest BCUT2D eigenvalue weighted by atomic mass is 16.7. The molecule has 2 aliphatic heterocycles. The molecule has 1 saturated carbocycles. The average molecular weight is 373 g/mol. The Bertz CT molecular complexity index is 806. The van der Waals surface area contributed by atoms with E-state index in [-0.39, 0.29) is 11.8 Å². The normalized spacial score (nSPS) is 38.2. The molecule has 2 heterocycles. The maximum absolute atomic E-state index is 12.2. The molecule has 2 aliphatic carbocycles. The Morgan fingerprint density at radius 3 is 2.78 bits per heavy atom. The molecule has 1 spiro atoms. The van der Waals surface area contributed by atoms with Crippen molar-refractivity contribution >= 4 is 0 Å². The largest absolute Gasteiger partial charge is 0.504 e. The number of aromatic hydroxyl groups is 1. The minimum atomic E-state index is -0.967. The lowest BCUT2D eigenvalue weighted by Crippen LogP contribution is -2.79. The van der Waals surface area contributed by atoms with Gasteiger partial charge in [0, 0.05) is 38.8 Å². The number of hydrogen-bond acceptors (Lipinski definition) is 6. The summed E-state index contributed by atoms with van der Waals surface area (Å²) in [5.74, 6) is -0.336. The molecule has 0 radical (unpaired) electrons. The van der Waals surface area contributed by atoms with Crippen molar-refractivity contribution in [2.24, 2.45) is 0 Å². The number of ether oxygens (including phenoxy) is 3. The predicted octanol–water partition coefficient (Wildman–Crippen LogP) is 1.72. The van der Waals surface area contributed by atoms with Crippen LogP contribution >= 0.6 is 0 Å². The van der Waals surface area contributed by atoms with Crippen LogP contribution in [0.4, 0.5) is 0 Å². The minimum Gasteiger partial charge on any atom is -0.504 e. The number of aliphatic hydroxyl groups is 1. The first kappa shape index (κ1) is 17.5. The van der Waals surface area contributed by atoms with Gasteiger partial charge in [-0.3, -0.25) is 4.90 Å². The van der Waals surface area contributed by atoms with Crippen molar-refractivity contribution in [3.8, 4) is 11.5 Å². The molecule has 0 aromatic heterocycles. The highest BCUT2D eigenvalue weighted by Crippen LogP contribution is 2.67. The zero-order valence-corrected chi connectivity index (χ0v) is 15.9. The van der Waals surface area contributed by atoms with E-state index in [4.69, 9.17) is 14.2 Å². The van der Waals surface area contributed by atoms with Crippen LogP contribution in [0.3, 0.4) is 0 Å². The van der Waals surface area contributed by atoms with Crippen LogP contribution in [0.5, 0.6) is 11.5 Å². The fourth-order valence-electron chi connectivity index (χ4n) is 6.47. The summed E-state index contributed by atoms with van der Waals surface area (Å²) in [5, 5.41) is 22.7. The molecule has 146 valence electrons. The summed E-state index contributed by atoms with van der Waals surface area (Å²) in [7, 11) is 3.26. The Hall–Kier alpha value is -1.60.